The van der Waals surface area contributed by atoms with Gasteiger partial charge in [0.25, 0.3) is 0 Å². The topological polar surface area (TPSA) is 47.3 Å². The highest BCUT2D eigenvalue weighted by Crippen LogP contribution is 2.53. The van der Waals surface area contributed by atoms with Crippen LogP contribution in [0.25, 0.3) is 0 Å². The van der Waals surface area contributed by atoms with Crippen LogP contribution in [0.5, 0.6) is 0 Å². The van der Waals surface area contributed by atoms with Crippen LogP contribution in [0.1, 0.15) is 70.1 Å². The molecule has 0 aliphatic heterocycles. The summed E-state index contributed by atoms with van der Waals surface area (Å²) in [5, 5.41) is 3.76. The Kier molecular flexibility index (Phi) is 4.36. The highest BCUT2D eigenvalue weighted by atomic mass is 16.5. The lowest BCUT2D eigenvalue weighted by molar-refractivity contribution is -0.152. The van der Waals surface area contributed by atoms with Crippen LogP contribution in [0.15, 0.2) is 10.6 Å². The Morgan fingerprint density at radius 3 is 2.81 bits per heavy atom. The van der Waals surface area contributed by atoms with Crippen molar-refractivity contribution < 1.29 is 9.15 Å². The summed E-state index contributed by atoms with van der Waals surface area (Å²) in [5.74, 6) is 1.69. The van der Waals surface area contributed by atoms with Gasteiger partial charge in [0.15, 0.2) is 0 Å². The van der Waals surface area contributed by atoms with Gasteiger partial charge in [0, 0.05) is 18.1 Å². The SMILES string of the molecule is CCOC1CC(NC(C)c2ncc(C)o2)C12CCCCC2. The first-order valence-corrected chi connectivity index (χ1v) is 8.45. The fourth-order valence-electron chi connectivity index (χ4n) is 4.24. The number of aromatic nitrogens is 1. The summed E-state index contributed by atoms with van der Waals surface area (Å²) < 4.78 is 11.7. The number of nitrogens with zero attached hydrogens (tertiary/aromatic N) is 1. The Morgan fingerprint density at radius 2 is 2.19 bits per heavy atom. The van der Waals surface area contributed by atoms with E-state index in [9.17, 15) is 0 Å². The number of oxazole rings is 1. The Balaban J connectivity index is 1.67. The van der Waals surface area contributed by atoms with Crippen molar-refractivity contribution in [2.75, 3.05) is 6.61 Å². The van der Waals surface area contributed by atoms with Crippen molar-refractivity contribution in [3.05, 3.63) is 17.8 Å². The van der Waals surface area contributed by atoms with E-state index in [0.29, 0.717) is 17.6 Å². The molecule has 3 rings (SSSR count). The zero-order valence-electron chi connectivity index (χ0n) is 13.5. The molecule has 0 saturated heterocycles. The van der Waals surface area contributed by atoms with Gasteiger partial charge in [0.2, 0.25) is 5.89 Å². The number of rotatable bonds is 5. The number of aryl methyl sites for hydroxylation is 1. The summed E-state index contributed by atoms with van der Waals surface area (Å²) in [7, 11) is 0. The molecule has 2 aliphatic carbocycles. The summed E-state index contributed by atoms with van der Waals surface area (Å²) >= 11 is 0. The Labute approximate surface area is 127 Å². The van der Waals surface area contributed by atoms with Crippen molar-refractivity contribution in [1.82, 2.24) is 10.3 Å². The molecule has 1 aromatic rings. The molecule has 1 N–H and O–H groups in total. The van der Waals surface area contributed by atoms with E-state index in [1.165, 1.54) is 32.1 Å². The molecule has 1 aromatic heterocycles. The smallest absolute Gasteiger partial charge is 0.211 e. The standard InChI is InChI=1S/C17H28N2O2/c1-4-20-15-10-14(17(15)8-6-5-7-9-17)19-13(3)16-18-11-12(2)21-16/h11,13-15,19H,4-10H2,1-3H3. The molecule has 0 radical (unpaired) electrons. The second kappa shape index (κ2) is 6.09. The molecule has 0 bridgehead atoms. The molecule has 118 valence electrons. The van der Waals surface area contributed by atoms with Crippen LogP contribution in [0.3, 0.4) is 0 Å². The molecule has 2 aliphatic rings. The zero-order chi connectivity index (χ0) is 14.9. The average Bonchev–Trinajstić information content (AvgIpc) is 2.93. The monoisotopic (exact) mass is 292 g/mol. The zero-order valence-corrected chi connectivity index (χ0v) is 13.5. The largest absolute Gasteiger partial charge is 0.444 e. The van der Waals surface area contributed by atoms with Crippen LogP contribution < -0.4 is 5.32 Å². The van der Waals surface area contributed by atoms with Gasteiger partial charge < -0.3 is 14.5 Å². The van der Waals surface area contributed by atoms with Gasteiger partial charge in [0.05, 0.1) is 18.3 Å². The van der Waals surface area contributed by atoms with E-state index in [0.717, 1.165) is 24.7 Å². The lowest BCUT2D eigenvalue weighted by Gasteiger charge is -2.58. The highest BCUT2D eigenvalue weighted by Gasteiger charge is 2.55. The summed E-state index contributed by atoms with van der Waals surface area (Å²) in [6, 6.07) is 0.710. The lowest BCUT2D eigenvalue weighted by atomic mass is 9.55. The van der Waals surface area contributed by atoms with Crippen molar-refractivity contribution >= 4 is 0 Å². The van der Waals surface area contributed by atoms with Gasteiger partial charge in [-0.05, 0) is 40.0 Å². The molecule has 4 nitrogen and oxygen atoms in total. The number of hydrogen-bond donors (Lipinski definition) is 1. The summed E-state index contributed by atoms with van der Waals surface area (Å²) in [6.45, 7) is 7.03. The maximum absolute atomic E-state index is 6.01. The Bertz CT molecular complexity index is 465. The predicted octanol–water partition coefficient (Wildman–Crippen LogP) is 3.76. The van der Waals surface area contributed by atoms with Gasteiger partial charge in [-0.3, -0.25) is 0 Å². The van der Waals surface area contributed by atoms with Crippen LogP contribution in [0, 0.1) is 12.3 Å². The van der Waals surface area contributed by atoms with Crippen molar-refractivity contribution in [3.63, 3.8) is 0 Å². The second-order valence-electron chi connectivity index (χ2n) is 6.72. The van der Waals surface area contributed by atoms with Gasteiger partial charge in [0.1, 0.15) is 5.76 Å². The van der Waals surface area contributed by atoms with Crippen molar-refractivity contribution in [3.8, 4) is 0 Å². The minimum Gasteiger partial charge on any atom is -0.444 e. The van der Waals surface area contributed by atoms with Crippen LogP contribution >= 0.6 is 0 Å². The van der Waals surface area contributed by atoms with Crippen molar-refractivity contribution in [2.45, 2.75) is 77.5 Å². The summed E-state index contributed by atoms with van der Waals surface area (Å²) in [4.78, 5) is 4.36. The first kappa shape index (κ1) is 15.0. The van der Waals surface area contributed by atoms with Crippen LogP contribution in [-0.2, 0) is 4.74 Å². The molecule has 1 spiro atoms. The predicted molar refractivity (Wildman–Crippen MR) is 82.1 cm³/mol. The van der Waals surface area contributed by atoms with E-state index >= 15 is 0 Å². The van der Waals surface area contributed by atoms with E-state index < -0.39 is 0 Å². The molecule has 2 saturated carbocycles. The van der Waals surface area contributed by atoms with Crippen LogP contribution in [0.2, 0.25) is 0 Å². The molecule has 3 unspecified atom stereocenters. The summed E-state index contributed by atoms with van der Waals surface area (Å²) in [5.41, 5.74) is 0.351. The number of hydrogen-bond acceptors (Lipinski definition) is 4. The maximum atomic E-state index is 6.01. The Morgan fingerprint density at radius 1 is 1.43 bits per heavy atom. The first-order valence-electron chi connectivity index (χ1n) is 8.45. The normalized spacial score (nSPS) is 29.3. The number of ether oxygens (including phenoxy) is 1. The molecular weight excluding hydrogens is 264 g/mol. The third kappa shape index (κ3) is 2.76. The Hall–Kier alpha value is -0.870. The van der Waals surface area contributed by atoms with E-state index in [1.807, 2.05) is 6.92 Å². The van der Waals surface area contributed by atoms with Crippen LogP contribution in [-0.4, -0.2) is 23.7 Å². The molecule has 4 heteroatoms. The highest BCUT2D eigenvalue weighted by molar-refractivity contribution is 5.10. The maximum Gasteiger partial charge on any atom is 0.211 e. The van der Waals surface area contributed by atoms with Crippen molar-refractivity contribution in [2.24, 2.45) is 5.41 Å². The van der Waals surface area contributed by atoms with Crippen molar-refractivity contribution in [1.29, 1.82) is 0 Å². The second-order valence-corrected chi connectivity index (χ2v) is 6.72. The third-order valence-electron chi connectivity index (χ3n) is 5.40. The van der Waals surface area contributed by atoms with E-state index in [1.54, 1.807) is 6.20 Å². The first-order chi connectivity index (χ1) is 10.2. The minimum atomic E-state index is 0.171. The lowest BCUT2D eigenvalue weighted by Crippen LogP contribution is -2.64. The van der Waals surface area contributed by atoms with Gasteiger partial charge in [-0.2, -0.15) is 0 Å². The van der Waals surface area contributed by atoms with Gasteiger partial charge in [-0.25, -0.2) is 4.98 Å². The van der Waals surface area contributed by atoms with Gasteiger partial charge in [-0.1, -0.05) is 19.3 Å². The van der Waals surface area contributed by atoms with Crippen LogP contribution in [0.4, 0.5) is 0 Å². The minimum absolute atomic E-state index is 0.171. The van der Waals surface area contributed by atoms with E-state index in [4.69, 9.17) is 9.15 Å². The fourth-order valence-corrected chi connectivity index (χ4v) is 4.24. The number of nitrogens with one attached hydrogen (secondary N) is 1. The van der Waals surface area contributed by atoms with E-state index in [-0.39, 0.29) is 6.04 Å². The molecule has 0 aromatic carbocycles. The molecule has 1 heterocycles. The summed E-state index contributed by atoms with van der Waals surface area (Å²) in [6.07, 6.45) is 10.0. The molecule has 0 amide bonds. The fraction of sp³-hybridized carbons (Fsp3) is 0.824. The molecule has 21 heavy (non-hydrogen) atoms. The molecule has 2 fully saturated rings. The molecule has 3 atom stereocenters. The quantitative estimate of drug-likeness (QED) is 0.897. The van der Waals surface area contributed by atoms with Gasteiger partial charge >= 0.3 is 0 Å². The van der Waals surface area contributed by atoms with E-state index in [2.05, 4.69) is 24.1 Å². The molecular formula is C17H28N2O2. The third-order valence-corrected chi connectivity index (χ3v) is 5.40. The average molecular weight is 292 g/mol. The van der Waals surface area contributed by atoms with Gasteiger partial charge in [-0.15, -0.1) is 0 Å².